The number of hydrogen-bond donors (Lipinski definition) is 1. The van der Waals surface area contributed by atoms with Gasteiger partial charge < -0.3 is 4.42 Å². The van der Waals surface area contributed by atoms with E-state index in [9.17, 15) is 0 Å². The van der Waals surface area contributed by atoms with Crippen LogP contribution >= 0.6 is 23.1 Å². The minimum Gasteiger partial charge on any atom is -0.440 e. The Morgan fingerprint density at radius 2 is 2.30 bits per heavy atom. The molecule has 0 radical (unpaired) electrons. The second-order valence-corrected chi connectivity index (χ2v) is 6.10. The van der Waals surface area contributed by atoms with Crippen molar-refractivity contribution in [2.24, 2.45) is 0 Å². The fraction of sp³-hybridized carbons (Fsp3) is 0.308. The summed E-state index contributed by atoms with van der Waals surface area (Å²) >= 11 is 3.19. The molecule has 0 aromatic carbocycles. The molecule has 1 N–H and O–H groups in total. The number of nitrogens with one attached hydrogen (secondary N) is 1. The molecular weight excluding hydrogens is 292 g/mol. The lowest BCUT2D eigenvalue weighted by molar-refractivity contribution is 0.542. The summed E-state index contributed by atoms with van der Waals surface area (Å²) in [5.41, 5.74) is 0.946. The third kappa shape index (κ3) is 2.78. The van der Waals surface area contributed by atoms with Crippen molar-refractivity contribution in [3.05, 3.63) is 34.8 Å². The van der Waals surface area contributed by atoms with E-state index < -0.39 is 0 Å². The van der Waals surface area contributed by atoms with Crippen molar-refractivity contribution in [3.8, 4) is 10.8 Å². The maximum Gasteiger partial charge on any atom is 0.236 e. The van der Waals surface area contributed by atoms with Crippen molar-refractivity contribution in [2.45, 2.75) is 31.2 Å². The Labute approximate surface area is 124 Å². The van der Waals surface area contributed by atoms with Crippen molar-refractivity contribution in [1.29, 1.82) is 0 Å². The van der Waals surface area contributed by atoms with Gasteiger partial charge in [0.05, 0.1) is 10.6 Å². The normalized spacial score (nSPS) is 11.1. The van der Waals surface area contributed by atoms with Crippen LogP contribution in [0.3, 0.4) is 0 Å². The monoisotopic (exact) mass is 306 g/mol. The van der Waals surface area contributed by atoms with Crippen molar-refractivity contribution in [2.75, 3.05) is 0 Å². The first-order valence-corrected chi connectivity index (χ1v) is 8.17. The summed E-state index contributed by atoms with van der Waals surface area (Å²) in [6, 6.07) is 4.00. The number of thioether (sulfide) groups is 1. The van der Waals surface area contributed by atoms with Crippen molar-refractivity contribution in [3.63, 3.8) is 0 Å². The highest BCUT2D eigenvalue weighted by atomic mass is 32.2. The number of aryl methyl sites for hydroxylation is 2. The molecule has 3 heterocycles. The molecule has 104 valence electrons. The lowest BCUT2D eigenvalue weighted by Crippen LogP contribution is -1.85. The molecule has 0 fully saturated rings. The van der Waals surface area contributed by atoms with Gasteiger partial charge in [0.2, 0.25) is 11.0 Å². The number of nitrogens with zero attached hydrogens (tertiary/aromatic N) is 3. The number of aromatic amines is 1. The van der Waals surface area contributed by atoms with Crippen LogP contribution in [-0.4, -0.2) is 20.2 Å². The minimum absolute atomic E-state index is 0.692. The summed E-state index contributed by atoms with van der Waals surface area (Å²) < 4.78 is 5.71. The molecule has 0 bridgehead atoms. The first-order chi connectivity index (χ1) is 9.76. The number of aromatic nitrogens is 4. The summed E-state index contributed by atoms with van der Waals surface area (Å²) in [7, 11) is 0. The first kappa shape index (κ1) is 13.4. The van der Waals surface area contributed by atoms with Crippen LogP contribution in [0.2, 0.25) is 0 Å². The lowest BCUT2D eigenvalue weighted by atomic mass is 10.4. The molecule has 3 aromatic heterocycles. The highest BCUT2D eigenvalue weighted by molar-refractivity contribution is 7.98. The smallest absolute Gasteiger partial charge is 0.236 e. The molecule has 0 amide bonds. The van der Waals surface area contributed by atoms with Gasteiger partial charge in [0.1, 0.15) is 11.6 Å². The molecule has 5 nitrogen and oxygen atoms in total. The van der Waals surface area contributed by atoms with E-state index in [4.69, 9.17) is 4.42 Å². The largest absolute Gasteiger partial charge is 0.440 e. The number of H-pyrrole nitrogens is 1. The van der Waals surface area contributed by atoms with Crippen molar-refractivity contribution in [1.82, 2.24) is 20.2 Å². The Bertz CT molecular complexity index is 687. The van der Waals surface area contributed by atoms with Crippen LogP contribution in [0, 0.1) is 6.92 Å². The van der Waals surface area contributed by atoms with Crippen LogP contribution in [0.25, 0.3) is 10.8 Å². The van der Waals surface area contributed by atoms with Gasteiger partial charge in [-0.2, -0.15) is 0 Å². The quantitative estimate of drug-likeness (QED) is 0.728. The Morgan fingerprint density at radius 3 is 3.00 bits per heavy atom. The Hall–Kier alpha value is -1.60. The third-order valence-corrected chi connectivity index (χ3v) is 4.53. The second-order valence-electron chi connectivity index (χ2n) is 4.21. The van der Waals surface area contributed by atoms with Gasteiger partial charge >= 0.3 is 0 Å². The van der Waals surface area contributed by atoms with Crippen LogP contribution in [-0.2, 0) is 12.2 Å². The molecule has 0 aliphatic carbocycles. The molecule has 0 saturated heterocycles. The van der Waals surface area contributed by atoms with E-state index >= 15 is 0 Å². The summed E-state index contributed by atoms with van der Waals surface area (Å²) in [5.74, 6) is 3.16. The number of hydrogen-bond acceptors (Lipinski definition) is 6. The van der Waals surface area contributed by atoms with E-state index in [-0.39, 0.29) is 0 Å². The van der Waals surface area contributed by atoms with Gasteiger partial charge in [-0.3, -0.25) is 5.10 Å². The maximum atomic E-state index is 5.71. The van der Waals surface area contributed by atoms with Crippen molar-refractivity contribution < 1.29 is 4.42 Å². The highest BCUT2D eigenvalue weighted by Gasteiger charge is 2.13. The second kappa shape index (κ2) is 5.80. The molecule has 0 unspecified atom stereocenters. The Balaban J connectivity index is 1.71. The number of oxazole rings is 1. The van der Waals surface area contributed by atoms with Gasteiger partial charge in [-0.1, -0.05) is 24.8 Å². The summed E-state index contributed by atoms with van der Waals surface area (Å²) in [6.45, 7) is 3.99. The van der Waals surface area contributed by atoms with Crippen molar-refractivity contribution >= 4 is 23.1 Å². The summed E-state index contributed by atoms with van der Waals surface area (Å²) in [4.78, 5) is 9.97. The molecule has 0 spiro atoms. The van der Waals surface area contributed by atoms with E-state index in [2.05, 4.69) is 20.2 Å². The molecule has 0 saturated carbocycles. The van der Waals surface area contributed by atoms with Crippen LogP contribution in [0.4, 0.5) is 0 Å². The first-order valence-electron chi connectivity index (χ1n) is 6.30. The van der Waals surface area contributed by atoms with Gasteiger partial charge in [-0.05, 0) is 18.4 Å². The van der Waals surface area contributed by atoms with E-state index in [1.54, 1.807) is 23.1 Å². The highest BCUT2D eigenvalue weighted by Crippen LogP contribution is 2.28. The standard InChI is InChI=1S/C13H14N4OS2/c1-3-11-15-13(17-16-11)20-7-9-8(2)18-12(14-9)10-5-4-6-19-10/h4-6H,3,7H2,1-2H3,(H,15,16,17). The maximum absolute atomic E-state index is 5.71. The van der Waals surface area contributed by atoms with Gasteiger partial charge in [-0.15, -0.1) is 16.4 Å². The van der Waals surface area contributed by atoms with Crippen LogP contribution < -0.4 is 0 Å². The predicted molar refractivity (Wildman–Crippen MR) is 79.9 cm³/mol. The fourth-order valence-corrected chi connectivity index (χ4v) is 3.17. The summed E-state index contributed by atoms with van der Waals surface area (Å²) in [5, 5.41) is 9.84. The van der Waals surface area contributed by atoms with Gasteiger partial charge in [0.25, 0.3) is 0 Å². The zero-order valence-corrected chi connectivity index (χ0v) is 12.8. The number of rotatable bonds is 5. The van der Waals surface area contributed by atoms with Gasteiger partial charge in [-0.25, -0.2) is 9.97 Å². The van der Waals surface area contributed by atoms with Crippen LogP contribution in [0.1, 0.15) is 24.2 Å². The average Bonchev–Trinajstić information content (AvgIpc) is 3.17. The lowest BCUT2D eigenvalue weighted by Gasteiger charge is -1.92. The van der Waals surface area contributed by atoms with E-state index in [1.165, 1.54) is 0 Å². The molecular formula is C13H14N4OS2. The summed E-state index contributed by atoms with van der Waals surface area (Å²) in [6.07, 6.45) is 0.860. The van der Waals surface area contributed by atoms with Crippen LogP contribution in [0.5, 0.6) is 0 Å². The third-order valence-electron chi connectivity index (χ3n) is 2.81. The SMILES string of the molecule is CCc1nc(SCc2nc(-c3cccs3)oc2C)n[nH]1. The van der Waals surface area contributed by atoms with E-state index in [0.717, 1.165) is 33.7 Å². The molecule has 20 heavy (non-hydrogen) atoms. The van der Waals surface area contributed by atoms with E-state index in [0.29, 0.717) is 11.6 Å². The van der Waals surface area contributed by atoms with Crippen LogP contribution in [0.15, 0.2) is 27.1 Å². The Morgan fingerprint density at radius 1 is 1.40 bits per heavy atom. The molecule has 7 heteroatoms. The zero-order chi connectivity index (χ0) is 13.9. The van der Waals surface area contributed by atoms with Gasteiger partial charge in [0, 0.05) is 12.2 Å². The van der Waals surface area contributed by atoms with Gasteiger partial charge in [0.15, 0.2) is 0 Å². The molecule has 3 aromatic rings. The molecule has 0 aliphatic rings. The molecule has 0 atom stereocenters. The Kier molecular flexibility index (Phi) is 3.88. The topological polar surface area (TPSA) is 67.6 Å². The van der Waals surface area contributed by atoms with E-state index in [1.807, 2.05) is 31.4 Å². The zero-order valence-electron chi connectivity index (χ0n) is 11.2. The molecule has 0 aliphatic heterocycles. The fourth-order valence-electron chi connectivity index (χ4n) is 1.70. The molecule has 3 rings (SSSR count). The average molecular weight is 306 g/mol. The predicted octanol–water partition coefficient (Wildman–Crippen LogP) is 3.68. The number of thiophene rings is 1. The minimum atomic E-state index is 0.692.